The zero-order valence-corrected chi connectivity index (χ0v) is 26.8. The van der Waals surface area contributed by atoms with Crippen molar-refractivity contribution in [3.05, 3.63) is 49.6 Å². The van der Waals surface area contributed by atoms with E-state index in [1.807, 2.05) is 36.1 Å². The summed E-state index contributed by atoms with van der Waals surface area (Å²) in [7, 11) is 0. The van der Waals surface area contributed by atoms with Crippen molar-refractivity contribution in [3.8, 4) is 5.75 Å². The van der Waals surface area contributed by atoms with Crippen molar-refractivity contribution in [2.24, 2.45) is 11.8 Å². The van der Waals surface area contributed by atoms with Gasteiger partial charge in [-0.3, -0.25) is 14.4 Å². The van der Waals surface area contributed by atoms with E-state index in [1.54, 1.807) is 24.0 Å². The third kappa shape index (κ3) is 5.44. The molecule has 5 rings (SSSR count). The monoisotopic (exact) mass is 657 g/mol. The van der Waals surface area contributed by atoms with E-state index in [9.17, 15) is 19.5 Å². The summed E-state index contributed by atoms with van der Waals surface area (Å²) in [5.74, 6) is -1.72. The Balaban J connectivity index is 1.54. The van der Waals surface area contributed by atoms with E-state index in [0.717, 1.165) is 32.1 Å². The predicted molar refractivity (Wildman–Crippen MR) is 168 cm³/mol. The summed E-state index contributed by atoms with van der Waals surface area (Å²) >= 11 is 3.77. The van der Waals surface area contributed by atoms with Crippen molar-refractivity contribution in [2.45, 2.75) is 87.0 Å². The number of nitrogens with zero attached hydrogens (tertiary/aromatic N) is 3. The third-order valence-electron chi connectivity index (χ3n) is 9.65. The molecule has 3 saturated heterocycles. The molecule has 4 aliphatic rings. The summed E-state index contributed by atoms with van der Waals surface area (Å²) in [4.78, 5) is 48.3. The number of aliphatic hydroxyl groups is 1. The summed E-state index contributed by atoms with van der Waals surface area (Å²) in [6.45, 7) is 12.3. The first-order valence-electron chi connectivity index (χ1n) is 15.5. The minimum atomic E-state index is -1.19. The molecule has 1 aromatic carbocycles. The largest absolute Gasteiger partial charge is 0.494 e. The maximum atomic E-state index is 14.6. The summed E-state index contributed by atoms with van der Waals surface area (Å²) in [5.41, 5.74) is -0.534. The highest BCUT2D eigenvalue weighted by molar-refractivity contribution is 9.09. The van der Waals surface area contributed by atoms with Gasteiger partial charge in [0.15, 0.2) is 0 Å². The van der Waals surface area contributed by atoms with Crippen LogP contribution in [0.3, 0.4) is 0 Å². The minimum Gasteiger partial charge on any atom is -0.494 e. The molecule has 3 amide bonds. The van der Waals surface area contributed by atoms with Gasteiger partial charge in [-0.15, -0.1) is 13.2 Å². The van der Waals surface area contributed by atoms with Crippen LogP contribution in [-0.4, -0.2) is 93.6 Å². The number of hydrogen-bond acceptors (Lipinski definition) is 6. The van der Waals surface area contributed by atoms with Crippen molar-refractivity contribution in [1.82, 2.24) is 9.80 Å². The van der Waals surface area contributed by atoms with Crippen molar-refractivity contribution >= 4 is 39.3 Å². The Bertz CT molecular complexity index is 1220. The molecule has 2 bridgehead atoms. The second kappa shape index (κ2) is 13.1. The predicted octanol–water partition coefficient (Wildman–Crippen LogP) is 4.08. The Morgan fingerprint density at radius 2 is 1.84 bits per heavy atom. The average molecular weight is 659 g/mol. The summed E-state index contributed by atoms with van der Waals surface area (Å²) in [6.07, 6.45) is 8.25. The molecule has 1 saturated carbocycles. The van der Waals surface area contributed by atoms with Crippen molar-refractivity contribution in [3.63, 3.8) is 0 Å². The quantitative estimate of drug-likeness (QED) is 0.269. The van der Waals surface area contributed by atoms with Crippen LogP contribution < -0.4 is 9.64 Å². The lowest BCUT2D eigenvalue weighted by molar-refractivity contribution is -0.152. The minimum absolute atomic E-state index is 0.0506. The van der Waals surface area contributed by atoms with Crippen LogP contribution in [0, 0.1) is 11.8 Å². The third-order valence-corrected chi connectivity index (χ3v) is 10.5. The number of rotatable bonds is 12. The second-order valence-corrected chi connectivity index (χ2v) is 13.4. The van der Waals surface area contributed by atoms with Gasteiger partial charge in [0.1, 0.15) is 17.4 Å². The second-order valence-electron chi connectivity index (χ2n) is 12.2. The molecular weight excluding hydrogens is 614 g/mol. The number of benzene rings is 1. The zero-order chi connectivity index (χ0) is 30.9. The highest BCUT2D eigenvalue weighted by atomic mass is 79.9. The number of halogens is 1. The van der Waals surface area contributed by atoms with E-state index in [2.05, 4.69) is 29.1 Å². The van der Waals surface area contributed by atoms with E-state index < -0.39 is 35.6 Å². The number of aliphatic hydroxyl groups excluding tert-OH is 1. The van der Waals surface area contributed by atoms with Gasteiger partial charge in [-0.1, -0.05) is 47.3 Å². The fraction of sp³-hybridized carbons (Fsp3) is 0.606. The van der Waals surface area contributed by atoms with E-state index in [1.165, 1.54) is 4.90 Å². The molecule has 3 unspecified atom stereocenters. The van der Waals surface area contributed by atoms with Gasteiger partial charge in [-0.25, -0.2) is 0 Å². The molecule has 10 heteroatoms. The molecule has 7 atom stereocenters. The van der Waals surface area contributed by atoms with Crippen LogP contribution >= 0.6 is 15.9 Å². The first-order chi connectivity index (χ1) is 20.7. The molecule has 3 heterocycles. The Kier molecular flexibility index (Phi) is 9.68. The van der Waals surface area contributed by atoms with E-state index >= 15 is 0 Å². The maximum Gasteiger partial charge on any atom is 0.248 e. The molecule has 9 nitrogen and oxygen atoms in total. The van der Waals surface area contributed by atoms with E-state index in [-0.39, 0.29) is 41.7 Å². The molecular formula is C33H44BrN3O6. The van der Waals surface area contributed by atoms with Gasteiger partial charge in [0.25, 0.3) is 0 Å². The van der Waals surface area contributed by atoms with Gasteiger partial charge in [0.2, 0.25) is 17.7 Å². The topological polar surface area (TPSA) is 99.6 Å². The first-order valence-corrected chi connectivity index (χ1v) is 16.5. The first kappa shape index (κ1) is 31.7. The molecule has 0 aromatic heterocycles. The summed E-state index contributed by atoms with van der Waals surface area (Å²) < 4.78 is 12.3. The SMILES string of the molecule is C=CCN(C(=O)[C@H]1[C@H]2C(=O)N([C@H](C)CO)C(C(=O)N(CC=C)C3CCCCC3)C23CC(Br)[C@@H]1O3)c1ccc(OCC)cc1. The fourth-order valence-electron chi connectivity index (χ4n) is 7.82. The number of carbonyl (C=O) groups is 3. The Morgan fingerprint density at radius 1 is 1.16 bits per heavy atom. The zero-order valence-electron chi connectivity index (χ0n) is 25.2. The molecule has 1 spiro atoms. The average Bonchev–Trinajstić information content (AvgIpc) is 3.62. The number of anilines is 1. The van der Waals surface area contributed by atoms with Gasteiger partial charge in [0, 0.05) is 29.6 Å². The van der Waals surface area contributed by atoms with Crippen LogP contribution in [0.4, 0.5) is 5.69 Å². The number of amides is 3. The van der Waals surface area contributed by atoms with Crippen molar-refractivity contribution in [2.75, 3.05) is 31.2 Å². The van der Waals surface area contributed by atoms with Crippen LogP contribution in [-0.2, 0) is 19.1 Å². The van der Waals surface area contributed by atoms with Gasteiger partial charge >= 0.3 is 0 Å². The molecule has 1 aromatic rings. The molecule has 234 valence electrons. The fourth-order valence-corrected chi connectivity index (χ4v) is 8.76. The number of hydrogen-bond donors (Lipinski definition) is 1. The number of fused-ring (bicyclic) bond motifs is 1. The molecule has 3 aliphatic heterocycles. The number of ether oxygens (including phenoxy) is 2. The standard InChI is InChI=1S/C33H44BrN3O6/c1-5-17-35(23-13-15-24(16-14-23)42-7-3)30(39)26-27-31(40)37(21(4)20-38)29(33(27)19-25(34)28(26)43-33)32(41)36(18-6-2)22-11-9-8-10-12-22/h5-6,13-16,21-22,25-29,38H,1-2,7-12,17-20H2,3-4H3/t21-,25?,26+,27+,28+,29?,33?/m1/s1. The van der Waals surface area contributed by atoms with Crippen LogP contribution in [0.1, 0.15) is 52.4 Å². The van der Waals surface area contributed by atoms with Crippen LogP contribution in [0.25, 0.3) is 0 Å². The highest BCUT2D eigenvalue weighted by Crippen LogP contribution is 2.61. The Hall–Kier alpha value is -2.69. The molecule has 4 fully saturated rings. The Labute approximate surface area is 263 Å². The van der Waals surface area contributed by atoms with Crippen LogP contribution in [0.5, 0.6) is 5.75 Å². The summed E-state index contributed by atoms with van der Waals surface area (Å²) in [6, 6.07) is 5.75. The van der Waals surface area contributed by atoms with Gasteiger partial charge in [-0.05, 0) is 57.4 Å². The van der Waals surface area contributed by atoms with E-state index in [0.29, 0.717) is 31.0 Å². The molecule has 0 radical (unpaired) electrons. The van der Waals surface area contributed by atoms with Gasteiger partial charge in [-0.2, -0.15) is 0 Å². The number of likely N-dealkylation sites (tertiary alicyclic amines) is 1. The van der Waals surface area contributed by atoms with Gasteiger partial charge < -0.3 is 29.3 Å². The smallest absolute Gasteiger partial charge is 0.248 e. The summed E-state index contributed by atoms with van der Waals surface area (Å²) in [5, 5.41) is 10.2. The Morgan fingerprint density at radius 3 is 2.44 bits per heavy atom. The van der Waals surface area contributed by atoms with Crippen molar-refractivity contribution < 1.29 is 29.0 Å². The van der Waals surface area contributed by atoms with Crippen molar-refractivity contribution in [1.29, 1.82) is 0 Å². The lowest BCUT2D eigenvalue weighted by Crippen LogP contribution is -2.60. The normalized spacial score (nSPS) is 30.6. The number of carbonyl (C=O) groups excluding carboxylic acids is 3. The highest BCUT2D eigenvalue weighted by Gasteiger charge is 2.77. The molecule has 1 aliphatic carbocycles. The van der Waals surface area contributed by atoms with Crippen LogP contribution in [0.2, 0.25) is 0 Å². The van der Waals surface area contributed by atoms with Gasteiger partial charge in [0.05, 0.1) is 37.2 Å². The van der Waals surface area contributed by atoms with Crippen LogP contribution in [0.15, 0.2) is 49.6 Å². The lowest BCUT2D eigenvalue weighted by Gasteiger charge is -2.42. The molecule has 1 N–H and O–H groups in total. The maximum absolute atomic E-state index is 14.6. The van der Waals surface area contributed by atoms with E-state index in [4.69, 9.17) is 9.47 Å². The molecule has 43 heavy (non-hydrogen) atoms. The lowest BCUT2D eigenvalue weighted by atomic mass is 9.70. The number of alkyl halides is 1.